The van der Waals surface area contributed by atoms with E-state index in [4.69, 9.17) is 9.05 Å². The lowest BCUT2D eigenvalue weighted by Crippen LogP contribution is -2.11. The molecule has 0 N–H and O–H groups in total. The third kappa shape index (κ3) is 5.07. The van der Waals surface area contributed by atoms with Crippen LogP contribution in [0.2, 0.25) is 0 Å². The molecule has 0 saturated heterocycles. The predicted molar refractivity (Wildman–Crippen MR) is 103 cm³/mol. The van der Waals surface area contributed by atoms with E-state index in [0.29, 0.717) is 16.7 Å². The second-order valence-corrected chi connectivity index (χ2v) is 8.47. The summed E-state index contributed by atoms with van der Waals surface area (Å²) in [6.07, 6.45) is 0. The van der Waals surface area contributed by atoms with Gasteiger partial charge in [-0.2, -0.15) is 5.11 Å². The molecule has 2 aromatic rings. The van der Waals surface area contributed by atoms with Gasteiger partial charge in [-0.15, -0.1) is 5.11 Å². The fraction of sp³-hybridized carbons (Fsp3) is 0.250. The summed E-state index contributed by atoms with van der Waals surface area (Å²) in [5.74, 6) is 0. The minimum atomic E-state index is -3.46. The number of hydrogen-bond acceptors (Lipinski definition) is 5. The van der Waals surface area contributed by atoms with Crippen LogP contribution in [0.1, 0.15) is 13.8 Å². The summed E-state index contributed by atoms with van der Waals surface area (Å²) in [5, 5.41) is 8.82. The van der Waals surface area contributed by atoms with Crippen LogP contribution in [-0.4, -0.2) is 13.2 Å². The van der Waals surface area contributed by atoms with Gasteiger partial charge in [0.25, 0.3) is 0 Å². The van der Waals surface area contributed by atoms with E-state index in [2.05, 4.69) is 42.1 Å². The summed E-state index contributed by atoms with van der Waals surface area (Å²) in [7, 11) is -3.46. The largest absolute Gasteiger partial charge is 0.363 e. The van der Waals surface area contributed by atoms with Crippen LogP contribution in [0, 0.1) is 0 Å². The van der Waals surface area contributed by atoms with Crippen LogP contribution >= 0.6 is 39.5 Å². The SMILES string of the molecule is CCOP(=O)(OCC)c1cc(Br)ccc1N=Nc1ccc(Br)cc1. The minimum absolute atomic E-state index is 0.271. The molecule has 128 valence electrons. The lowest BCUT2D eigenvalue weighted by molar-refractivity contribution is 0.230. The number of benzene rings is 2. The lowest BCUT2D eigenvalue weighted by atomic mass is 10.3. The van der Waals surface area contributed by atoms with Crippen molar-refractivity contribution in [2.24, 2.45) is 10.2 Å². The van der Waals surface area contributed by atoms with Gasteiger partial charge in [-0.3, -0.25) is 4.57 Å². The monoisotopic (exact) mass is 474 g/mol. The Balaban J connectivity index is 2.43. The number of azo groups is 1. The van der Waals surface area contributed by atoms with Crippen LogP contribution in [0.3, 0.4) is 0 Å². The van der Waals surface area contributed by atoms with Gasteiger partial charge >= 0.3 is 7.60 Å². The molecule has 0 aliphatic rings. The van der Waals surface area contributed by atoms with Crippen molar-refractivity contribution >= 4 is 56.1 Å². The molecule has 2 aromatic carbocycles. The van der Waals surface area contributed by atoms with Crippen LogP contribution in [0.5, 0.6) is 0 Å². The van der Waals surface area contributed by atoms with Crippen LogP contribution in [-0.2, 0) is 13.6 Å². The van der Waals surface area contributed by atoms with Crippen molar-refractivity contribution in [3.05, 3.63) is 51.4 Å². The van der Waals surface area contributed by atoms with Gasteiger partial charge in [-0.05, 0) is 56.3 Å². The van der Waals surface area contributed by atoms with Crippen LogP contribution in [0.25, 0.3) is 0 Å². The first-order valence-corrected chi connectivity index (χ1v) is 10.5. The second-order valence-electron chi connectivity index (χ2n) is 4.64. The molecule has 0 unspecified atom stereocenters. The molecule has 0 atom stereocenters. The molecule has 0 radical (unpaired) electrons. The Bertz CT molecular complexity index is 756. The number of nitrogens with zero attached hydrogens (tertiary/aromatic N) is 2. The normalized spacial score (nSPS) is 12.0. The van der Waals surface area contributed by atoms with Crippen LogP contribution in [0.15, 0.2) is 61.6 Å². The molecule has 0 aliphatic heterocycles. The first-order valence-electron chi connectivity index (χ1n) is 7.35. The molecule has 0 aliphatic carbocycles. The average Bonchev–Trinajstić information content (AvgIpc) is 2.55. The maximum atomic E-state index is 13.1. The van der Waals surface area contributed by atoms with E-state index in [9.17, 15) is 4.57 Å². The highest BCUT2D eigenvalue weighted by molar-refractivity contribution is 9.10. The highest BCUT2D eigenvalue weighted by Crippen LogP contribution is 2.49. The van der Waals surface area contributed by atoms with E-state index in [1.54, 1.807) is 26.0 Å². The van der Waals surface area contributed by atoms with Gasteiger partial charge in [0.15, 0.2) is 0 Å². The molecule has 0 aromatic heterocycles. The fourth-order valence-corrected chi connectivity index (χ4v) is 4.47. The molecule has 24 heavy (non-hydrogen) atoms. The first kappa shape index (κ1) is 19.5. The van der Waals surface area contributed by atoms with Crippen molar-refractivity contribution in [3.63, 3.8) is 0 Å². The van der Waals surface area contributed by atoms with Gasteiger partial charge < -0.3 is 9.05 Å². The third-order valence-corrected chi connectivity index (χ3v) is 6.10. The molecule has 2 rings (SSSR count). The van der Waals surface area contributed by atoms with Gasteiger partial charge in [0, 0.05) is 8.95 Å². The Morgan fingerprint density at radius 2 is 1.50 bits per heavy atom. The van der Waals surface area contributed by atoms with Gasteiger partial charge in [0.05, 0.1) is 24.2 Å². The summed E-state index contributed by atoms with van der Waals surface area (Å²) < 4.78 is 25.6. The minimum Gasteiger partial charge on any atom is -0.305 e. The quantitative estimate of drug-likeness (QED) is 0.338. The Hall–Kier alpha value is -0.850. The van der Waals surface area contributed by atoms with Gasteiger partial charge in [0.1, 0.15) is 5.69 Å². The molecule has 0 spiro atoms. The van der Waals surface area contributed by atoms with E-state index >= 15 is 0 Å². The third-order valence-electron chi connectivity index (χ3n) is 2.93. The van der Waals surface area contributed by atoms with E-state index < -0.39 is 7.60 Å². The van der Waals surface area contributed by atoms with Gasteiger partial charge in [-0.25, -0.2) is 0 Å². The molecular formula is C16H17Br2N2O3P. The van der Waals surface area contributed by atoms with Crippen molar-refractivity contribution in [2.75, 3.05) is 13.2 Å². The smallest absolute Gasteiger partial charge is 0.305 e. The van der Waals surface area contributed by atoms with Crippen molar-refractivity contribution < 1.29 is 13.6 Å². The Kier molecular flexibility index (Phi) is 7.32. The zero-order valence-corrected chi connectivity index (χ0v) is 17.3. The Labute approximate surface area is 158 Å². The highest BCUT2D eigenvalue weighted by Gasteiger charge is 2.30. The maximum Gasteiger partial charge on any atom is 0.363 e. The molecular weight excluding hydrogens is 459 g/mol. The Morgan fingerprint density at radius 3 is 2.08 bits per heavy atom. The van der Waals surface area contributed by atoms with Gasteiger partial charge in [-0.1, -0.05) is 31.9 Å². The molecule has 8 heteroatoms. The van der Waals surface area contributed by atoms with Crippen molar-refractivity contribution in [3.8, 4) is 0 Å². The van der Waals surface area contributed by atoms with Crippen LogP contribution < -0.4 is 5.30 Å². The number of halogens is 2. The zero-order valence-electron chi connectivity index (χ0n) is 13.3. The maximum absolute atomic E-state index is 13.1. The molecule has 0 fully saturated rings. The average molecular weight is 476 g/mol. The standard InChI is InChI=1S/C16H17Br2N2O3P/c1-3-22-24(21,23-4-2)16-11-13(18)7-10-15(16)20-19-14-8-5-12(17)6-9-14/h5-11H,3-4H2,1-2H3. The predicted octanol–water partition coefficient (Wildman–Crippen LogP) is 6.52. The van der Waals surface area contributed by atoms with Gasteiger partial charge in [0.2, 0.25) is 0 Å². The molecule has 0 heterocycles. The van der Waals surface area contributed by atoms with Crippen LogP contribution in [0.4, 0.5) is 11.4 Å². The van der Waals surface area contributed by atoms with E-state index in [1.165, 1.54) is 0 Å². The molecule has 0 saturated carbocycles. The zero-order chi connectivity index (χ0) is 17.6. The summed E-state index contributed by atoms with van der Waals surface area (Å²) in [4.78, 5) is 0. The topological polar surface area (TPSA) is 60.2 Å². The van der Waals surface area contributed by atoms with E-state index in [0.717, 1.165) is 8.95 Å². The summed E-state index contributed by atoms with van der Waals surface area (Å²) >= 11 is 6.76. The molecule has 5 nitrogen and oxygen atoms in total. The van der Waals surface area contributed by atoms with Crippen molar-refractivity contribution in [2.45, 2.75) is 13.8 Å². The second kappa shape index (κ2) is 9.02. The van der Waals surface area contributed by atoms with Crippen molar-refractivity contribution in [1.29, 1.82) is 0 Å². The highest BCUT2D eigenvalue weighted by atomic mass is 79.9. The molecule has 0 amide bonds. The lowest BCUT2D eigenvalue weighted by Gasteiger charge is -2.18. The molecule has 0 bridgehead atoms. The summed E-state index contributed by atoms with van der Waals surface area (Å²) in [6.45, 7) is 4.08. The van der Waals surface area contributed by atoms with E-state index in [1.807, 2.05) is 30.3 Å². The van der Waals surface area contributed by atoms with E-state index in [-0.39, 0.29) is 13.2 Å². The first-order chi connectivity index (χ1) is 11.5. The Morgan fingerprint density at radius 1 is 0.917 bits per heavy atom. The van der Waals surface area contributed by atoms with Crippen molar-refractivity contribution in [1.82, 2.24) is 0 Å². The number of hydrogen-bond donors (Lipinski definition) is 0. The summed E-state index contributed by atoms with van der Waals surface area (Å²) in [6, 6.07) is 12.6. The fourth-order valence-electron chi connectivity index (χ4n) is 1.94. The summed E-state index contributed by atoms with van der Waals surface area (Å²) in [5.41, 5.74) is 1.14. The number of rotatable bonds is 7.